The Morgan fingerprint density at radius 3 is 2.45 bits per heavy atom. The second-order valence-corrected chi connectivity index (χ2v) is 5.49. The van der Waals surface area contributed by atoms with Gasteiger partial charge in [-0.1, -0.05) is 62.4 Å². The lowest BCUT2D eigenvalue weighted by atomic mass is 9.94. The predicted octanol–water partition coefficient (Wildman–Crippen LogP) is 5.34. The molecule has 0 aliphatic carbocycles. The molecule has 3 rings (SSSR count). The molecular weight excluding hydrogens is 244 g/mol. The molecule has 0 saturated carbocycles. The van der Waals surface area contributed by atoms with E-state index in [4.69, 9.17) is 0 Å². The molecule has 1 N–H and O–H groups in total. The molecule has 0 amide bonds. The SMILES string of the molecule is CC(C)c1cccc(-c2cc(O)cc3ccccc23)c1. The Kier molecular flexibility index (Phi) is 3.19. The van der Waals surface area contributed by atoms with Gasteiger partial charge in [0.05, 0.1) is 0 Å². The fourth-order valence-electron chi connectivity index (χ4n) is 2.60. The lowest BCUT2D eigenvalue weighted by molar-refractivity contribution is 0.476. The summed E-state index contributed by atoms with van der Waals surface area (Å²) in [6.07, 6.45) is 0. The van der Waals surface area contributed by atoms with E-state index in [2.05, 4.69) is 44.2 Å². The summed E-state index contributed by atoms with van der Waals surface area (Å²) in [5, 5.41) is 12.2. The highest BCUT2D eigenvalue weighted by atomic mass is 16.3. The van der Waals surface area contributed by atoms with Gasteiger partial charge in [0.2, 0.25) is 0 Å². The average Bonchev–Trinajstić information content (AvgIpc) is 2.46. The first-order valence-corrected chi connectivity index (χ1v) is 6.97. The molecule has 0 radical (unpaired) electrons. The molecule has 3 aromatic carbocycles. The molecule has 3 aromatic rings. The summed E-state index contributed by atoms with van der Waals surface area (Å²) < 4.78 is 0. The van der Waals surface area contributed by atoms with Crippen molar-refractivity contribution >= 4 is 10.8 Å². The van der Waals surface area contributed by atoms with Gasteiger partial charge in [0, 0.05) is 0 Å². The topological polar surface area (TPSA) is 20.2 Å². The van der Waals surface area contributed by atoms with Gasteiger partial charge in [-0.3, -0.25) is 0 Å². The van der Waals surface area contributed by atoms with Crippen molar-refractivity contribution < 1.29 is 5.11 Å². The van der Waals surface area contributed by atoms with E-state index in [0.717, 1.165) is 16.5 Å². The van der Waals surface area contributed by atoms with Crippen LogP contribution in [0.25, 0.3) is 21.9 Å². The number of aromatic hydroxyl groups is 1. The third-order valence-electron chi connectivity index (χ3n) is 3.71. The predicted molar refractivity (Wildman–Crippen MR) is 85.1 cm³/mol. The van der Waals surface area contributed by atoms with Gasteiger partial charge in [0.25, 0.3) is 0 Å². The fraction of sp³-hybridized carbons (Fsp3) is 0.158. The third kappa shape index (κ3) is 2.27. The zero-order valence-corrected chi connectivity index (χ0v) is 11.8. The summed E-state index contributed by atoms with van der Waals surface area (Å²) in [6, 6.07) is 20.4. The summed E-state index contributed by atoms with van der Waals surface area (Å²) in [5.41, 5.74) is 3.56. The van der Waals surface area contributed by atoms with Crippen molar-refractivity contribution in [1.82, 2.24) is 0 Å². The van der Waals surface area contributed by atoms with Crippen LogP contribution in [0, 0.1) is 0 Å². The molecular formula is C19H18O. The zero-order valence-electron chi connectivity index (χ0n) is 11.8. The van der Waals surface area contributed by atoms with Crippen molar-refractivity contribution in [1.29, 1.82) is 0 Å². The van der Waals surface area contributed by atoms with Gasteiger partial charge >= 0.3 is 0 Å². The Hall–Kier alpha value is -2.28. The summed E-state index contributed by atoms with van der Waals surface area (Å²) >= 11 is 0. The van der Waals surface area contributed by atoms with Crippen LogP contribution in [0.2, 0.25) is 0 Å². The minimum atomic E-state index is 0.314. The van der Waals surface area contributed by atoms with Crippen LogP contribution in [-0.4, -0.2) is 5.11 Å². The van der Waals surface area contributed by atoms with Crippen LogP contribution in [0.5, 0.6) is 5.75 Å². The number of hydrogen-bond acceptors (Lipinski definition) is 1. The maximum Gasteiger partial charge on any atom is 0.116 e. The Bertz CT molecular complexity index is 757. The number of benzene rings is 3. The second-order valence-electron chi connectivity index (χ2n) is 5.49. The van der Waals surface area contributed by atoms with E-state index in [0.29, 0.717) is 11.7 Å². The first-order valence-electron chi connectivity index (χ1n) is 6.97. The summed E-state index contributed by atoms with van der Waals surface area (Å²) in [4.78, 5) is 0. The van der Waals surface area contributed by atoms with Gasteiger partial charge < -0.3 is 5.11 Å². The number of hydrogen-bond donors (Lipinski definition) is 1. The Morgan fingerprint density at radius 2 is 1.65 bits per heavy atom. The van der Waals surface area contributed by atoms with Crippen molar-refractivity contribution in [3.63, 3.8) is 0 Å². The first-order chi connectivity index (χ1) is 9.65. The molecule has 0 spiro atoms. The van der Waals surface area contributed by atoms with Gasteiger partial charge in [-0.2, -0.15) is 0 Å². The van der Waals surface area contributed by atoms with Crippen molar-refractivity contribution in [2.24, 2.45) is 0 Å². The van der Waals surface area contributed by atoms with Crippen molar-refractivity contribution in [3.05, 3.63) is 66.2 Å². The molecule has 0 fully saturated rings. The van der Waals surface area contributed by atoms with Gasteiger partial charge in [0.15, 0.2) is 0 Å². The van der Waals surface area contributed by atoms with Crippen LogP contribution < -0.4 is 0 Å². The van der Waals surface area contributed by atoms with Crippen LogP contribution in [-0.2, 0) is 0 Å². The molecule has 0 atom stereocenters. The van der Waals surface area contributed by atoms with Gasteiger partial charge in [0.1, 0.15) is 5.75 Å². The maximum absolute atomic E-state index is 9.95. The number of phenolic OH excluding ortho intramolecular Hbond substituents is 1. The third-order valence-corrected chi connectivity index (χ3v) is 3.71. The van der Waals surface area contributed by atoms with Crippen LogP contribution in [0.15, 0.2) is 60.7 Å². The fourth-order valence-corrected chi connectivity index (χ4v) is 2.60. The molecule has 0 aliphatic heterocycles. The number of phenols is 1. The van der Waals surface area contributed by atoms with Crippen molar-refractivity contribution in [3.8, 4) is 16.9 Å². The molecule has 0 saturated heterocycles. The van der Waals surface area contributed by atoms with E-state index in [9.17, 15) is 5.11 Å². The highest BCUT2D eigenvalue weighted by molar-refractivity contribution is 5.97. The molecule has 1 heteroatoms. The number of rotatable bonds is 2. The largest absolute Gasteiger partial charge is 0.508 e. The van der Waals surface area contributed by atoms with Crippen LogP contribution in [0.3, 0.4) is 0 Å². The van der Waals surface area contributed by atoms with Crippen molar-refractivity contribution in [2.45, 2.75) is 19.8 Å². The second kappa shape index (κ2) is 5.01. The Balaban J connectivity index is 2.26. The molecule has 0 unspecified atom stereocenters. The molecule has 0 aromatic heterocycles. The van der Waals surface area contributed by atoms with E-state index in [1.165, 1.54) is 10.9 Å². The van der Waals surface area contributed by atoms with Gasteiger partial charge in [-0.15, -0.1) is 0 Å². The Morgan fingerprint density at radius 1 is 0.850 bits per heavy atom. The standard InChI is InChI=1S/C19H18O/c1-13(2)14-7-5-8-15(10-14)19-12-17(20)11-16-6-3-4-9-18(16)19/h3-13,20H,1-2H3. The van der Waals surface area contributed by atoms with Crippen molar-refractivity contribution in [2.75, 3.05) is 0 Å². The van der Waals surface area contributed by atoms with E-state index in [1.54, 1.807) is 0 Å². The zero-order chi connectivity index (χ0) is 14.1. The van der Waals surface area contributed by atoms with E-state index >= 15 is 0 Å². The van der Waals surface area contributed by atoms with Crippen LogP contribution in [0.1, 0.15) is 25.3 Å². The molecule has 100 valence electrons. The first kappa shape index (κ1) is 12.7. The highest BCUT2D eigenvalue weighted by Gasteiger charge is 2.07. The molecule has 1 nitrogen and oxygen atoms in total. The quantitative estimate of drug-likeness (QED) is 0.661. The molecule has 0 heterocycles. The minimum Gasteiger partial charge on any atom is -0.508 e. The molecule has 0 aliphatic rings. The number of fused-ring (bicyclic) bond motifs is 1. The summed E-state index contributed by atoms with van der Waals surface area (Å²) in [6.45, 7) is 4.39. The van der Waals surface area contributed by atoms with Crippen LogP contribution >= 0.6 is 0 Å². The van der Waals surface area contributed by atoms with Crippen LogP contribution in [0.4, 0.5) is 0 Å². The maximum atomic E-state index is 9.95. The van der Waals surface area contributed by atoms with Gasteiger partial charge in [-0.25, -0.2) is 0 Å². The lowest BCUT2D eigenvalue weighted by Gasteiger charge is -2.11. The average molecular weight is 262 g/mol. The molecule has 0 bridgehead atoms. The Labute approximate surface area is 119 Å². The lowest BCUT2D eigenvalue weighted by Crippen LogP contribution is -1.88. The minimum absolute atomic E-state index is 0.314. The summed E-state index contributed by atoms with van der Waals surface area (Å²) in [7, 11) is 0. The summed E-state index contributed by atoms with van der Waals surface area (Å²) in [5.74, 6) is 0.812. The van der Waals surface area contributed by atoms with E-state index in [1.807, 2.05) is 30.3 Å². The van der Waals surface area contributed by atoms with Gasteiger partial charge in [-0.05, 0) is 45.5 Å². The smallest absolute Gasteiger partial charge is 0.116 e. The van der Waals surface area contributed by atoms with E-state index < -0.39 is 0 Å². The van der Waals surface area contributed by atoms with E-state index in [-0.39, 0.29) is 0 Å². The highest BCUT2D eigenvalue weighted by Crippen LogP contribution is 2.33. The molecule has 20 heavy (non-hydrogen) atoms. The normalized spacial score (nSPS) is 11.2. The monoisotopic (exact) mass is 262 g/mol.